The lowest BCUT2D eigenvalue weighted by Gasteiger charge is -2.25. The third kappa shape index (κ3) is 4.03. The van der Waals surface area contributed by atoms with Crippen LogP contribution in [0, 0.1) is 6.92 Å². The van der Waals surface area contributed by atoms with Gasteiger partial charge >= 0.3 is 0 Å². The number of aryl methyl sites for hydroxylation is 1. The second kappa shape index (κ2) is 7.92. The maximum atomic E-state index is 13.2. The lowest BCUT2D eigenvalue weighted by Crippen LogP contribution is -2.38. The van der Waals surface area contributed by atoms with Crippen LogP contribution in [-0.4, -0.2) is 40.0 Å². The summed E-state index contributed by atoms with van der Waals surface area (Å²) in [6.45, 7) is 3.96. The van der Waals surface area contributed by atoms with E-state index < -0.39 is 0 Å². The topological polar surface area (TPSA) is 58.2 Å². The van der Waals surface area contributed by atoms with Gasteiger partial charge in [-0.2, -0.15) is 0 Å². The summed E-state index contributed by atoms with van der Waals surface area (Å²) >= 11 is 0. The molecule has 1 fully saturated rings. The van der Waals surface area contributed by atoms with Gasteiger partial charge in [0, 0.05) is 35.9 Å². The van der Waals surface area contributed by atoms with Crippen LogP contribution in [0.2, 0.25) is 0 Å². The normalized spacial score (nSPS) is 16.7. The Bertz CT molecular complexity index is 914. The van der Waals surface area contributed by atoms with Crippen molar-refractivity contribution in [1.29, 1.82) is 0 Å². The van der Waals surface area contributed by atoms with Gasteiger partial charge in [0.05, 0.1) is 24.8 Å². The number of nitrogens with zero attached hydrogens (tertiary/aromatic N) is 2. The molecule has 0 radical (unpaired) electrons. The minimum atomic E-state index is 0.115. The predicted octanol–water partition coefficient (Wildman–Crippen LogP) is 3.62. The SMILES string of the molecule is Cc1[nH]c2ccccc2c1CC(=O)N(Cc1ccccn1)C[C@@H]1CCCO1. The van der Waals surface area contributed by atoms with E-state index in [1.807, 2.05) is 48.2 Å². The van der Waals surface area contributed by atoms with Gasteiger partial charge in [-0.1, -0.05) is 24.3 Å². The van der Waals surface area contributed by atoms with Crippen molar-refractivity contribution < 1.29 is 9.53 Å². The van der Waals surface area contributed by atoms with E-state index in [-0.39, 0.29) is 12.0 Å². The van der Waals surface area contributed by atoms with E-state index in [2.05, 4.69) is 16.0 Å². The van der Waals surface area contributed by atoms with Crippen molar-refractivity contribution in [2.75, 3.05) is 13.2 Å². The number of aromatic amines is 1. The summed E-state index contributed by atoms with van der Waals surface area (Å²) in [7, 11) is 0. The standard InChI is InChI=1S/C22H25N3O2/c1-16-20(19-9-2-3-10-21(19)24-16)13-22(26)25(15-18-8-6-12-27-18)14-17-7-4-5-11-23-17/h2-5,7,9-11,18,24H,6,8,12-15H2,1H3/t18-/m0/s1. The molecule has 3 aromatic rings. The van der Waals surface area contributed by atoms with Crippen LogP contribution in [0.1, 0.15) is 29.8 Å². The minimum Gasteiger partial charge on any atom is -0.376 e. The Kier molecular flexibility index (Phi) is 5.21. The molecule has 1 amide bonds. The number of hydrogen-bond donors (Lipinski definition) is 1. The van der Waals surface area contributed by atoms with Crippen molar-refractivity contribution in [1.82, 2.24) is 14.9 Å². The van der Waals surface area contributed by atoms with Gasteiger partial charge in [0.2, 0.25) is 5.91 Å². The molecule has 1 atom stereocenters. The summed E-state index contributed by atoms with van der Waals surface area (Å²) in [6, 6.07) is 14.0. The molecule has 0 unspecified atom stereocenters. The number of benzene rings is 1. The number of ether oxygens (including phenoxy) is 1. The van der Waals surface area contributed by atoms with Gasteiger partial charge in [0.25, 0.3) is 0 Å². The number of amides is 1. The van der Waals surface area contributed by atoms with Crippen LogP contribution in [0.4, 0.5) is 0 Å². The second-order valence-electron chi connectivity index (χ2n) is 7.18. The Labute approximate surface area is 159 Å². The first kappa shape index (κ1) is 17.7. The molecule has 4 rings (SSSR count). The summed E-state index contributed by atoms with van der Waals surface area (Å²) in [4.78, 5) is 22.9. The second-order valence-corrected chi connectivity index (χ2v) is 7.18. The number of carbonyl (C=O) groups excluding carboxylic acids is 1. The predicted molar refractivity (Wildman–Crippen MR) is 105 cm³/mol. The fourth-order valence-electron chi connectivity index (χ4n) is 3.80. The molecule has 1 N–H and O–H groups in total. The average Bonchev–Trinajstić information content (AvgIpc) is 3.30. The van der Waals surface area contributed by atoms with Crippen molar-refractivity contribution in [3.63, 3.8) is 0 Å². The number of H-pyrrole nitrogens is 1. The molecule has 1 aromatic carbocycles. The Balaban J connectivity index is 1.56. The van der Waals surface area contributed by atoms with E-state index in [4.69, 9.17) is 4.74 Å². The quantitative estimate of drug-likeness (QED) is 0.728. The lowest BCUT2D eigenvalue weighted by atomic mass is 10.1. The van der Waals surface area contributed by atoms with Crippen LogP contribution in [0.25, 0.3) is 10.9 Å². The van der Waals surface area contributed by atoms with Gasteiger partial charge < -0.3 is 14.6 Å². The number of rotatable bonds is 6. The smallest absolute Gasteiger partial charge is 0.227 e. The summed E-state index contributed by atoms with van der Waals surface area (Å²) < 4.78 is 5.78. The van der Waals surface area contributed by atoms with Gasteiger partial charge in [-0.25, -0.2) is 0 Å². The molecular weight excluding hydrogens is 338 g/mol. The van der Waals surface area contributed by atoms with E-state index in [1.165, 1.54) is 0 Å². The van der Waals surface area contributed by atoms with E-state index in [1.54, 1.807) is 6.20 Å². The molecule has 3 heterocycles. The first-order chi connectivity index (χ1) is 13.2. The van der Waals surface area contributed by atoms with Crippen LogP contribution < -0.4 is 0 Å². The number of pyridine rings is 1. The average molecular weight is 363 g/mol. The van der Waals surface area contributed by atoms with Crippen molar-refractivity contribution in [2.45, 2.75) is 38.8 Å². The highest BCUT2D eigenvalue weighted by molar-refractivity contribution is 5.90. The van der Waals surface area contributed by atoms with E-state index in [0.717, 1.165) is 47.3 Å². The molecular formula is C22H25N3O2. The molecule has 5 heteroatoms. The van der Waals surface area contributed by atoms with Crippen molar-refractivity contribution >= 4 is 16.8 Å². The number of aromatic nitrogens is 2. The highest BCUT2D eigenvalue weighted by Crippen LogP contribution is 2.23. The van der Waals surface area contributed by atoms with Crippen LogP contribution in [-0.2, 0) is 22.5 Å². The van der Waals surface area contributed by atoms with Gasteiger partial charge in [-0.3, -0.25) is 9.78 Å². The summed E-state index contributed by atoms with van der Waals surface area (Å²) in [5, 5.41) is 1.12. The highest BCUT2D eigenvalue weighted by atomic mass is 16.5. The maximum absolute atomic E-state index is 13.2. The lowest BCUT2D eigenvalue weighted by molar-refractivity contribution is -0.132. The molecule has 1 saturated heterocycles. The highest BCUT2D eigenvalue weighted by Gasteiger charge is 2.24. The molecule has 140 valence electrons. The Morgan fingerprint density at radius 1 is 1.26 bits per heavy atom. The zero-order valence-corrected chi connectivity index (χ0v) is 15.6. The Morgan fingerprint density at radius 3 is 2.89 bits per heavy atom. The molecule has 0 saturated carbocycles. The number of nitrogens with one attached hydrogen (secondary N) is 1. The molecule has 0 spiro atoms. The summed E-state index contributed by atoms with van der Waals surface area (Å²) in [6.07, 6.45) is 4.36. The first-order valence-electron chi connectivity index (χ1n) is 9.56. The molecule has 1 aliphatic rings. The largest absolute Gasteiger partial charge is 0.376 e. The zero-order valence-electron chi connectivity index (χ0n) is 15.6. The molecule has 1 aliphatic heterocycles. The van der Waals surface area contributed by atoms with Crippen LogP contribution >= 0.6 is 0 Å². The van der Waals surface area contributed by atoms with Gasteiger partial charge in [0.15, 0.2) is 0 Å². The third-order valence-electron chi connectivity index (χ3n) is 5.23. The molecule has 0 aliphatic carbocycles. The third-order valence-corrected chi connectivity index (χ3v) is 5.23. The number of carbonyl (C=O) groups is 1. The molecule has 0 bridgehead atoms. The van der Waals surface area contributed by atoms with Crippen molar-refractivity contribution in [3.8, 4) is 0 Å². The van der Waals surface area contributed by atoms with E-state index in [0.29, 0.717) is 19.5 Å². The zero-order chi connectivity index (χ0) is 18.6. The van der Waals surface area contributed by atoms with Gasteiger partial charge in [0.1, 0.15) is 0 Å². The maximum Gasteiger partial charge on any atom is 0.227 e. The molecule has 5 nitrogen and oxygen atoms in total. The van der Waals surface area contributed by atoms with E-state index in [9.17, 15) is 4.79 Å². The van der Waals surface area contributed by atoms with Crippen LogP contribution in [0.5, 0.6) is 0 Å². The number of fused-ring (bicyclic) bond motifs is 1. The summed E-state index contributed by atoms with van der Waals surface area (Å²) in [5.74, 6) is 0.115. The molecule has 2 aromatic heterocycles. The van der Waals surface area contributed by atoms with Crippen molar-refractivity contribution in [2.24, 2.45) is 0 Å². The first-order valence-corrected chi connectivity index (χ1v) is 9.56. The fraction of sp³-hybridized carbons (Fsp3) is 0.364. The Hall–Kier alpha value is -2.66. The number of para-hydroxylation sites is 1. The summed E-state index contributed by atoms with van der Waals surface area (Å²) in [5.41, 5.74) is 4.11. The molecule has 27 heavy (non-hydrogen) atoms. The fourth-order valence-corrected chi connectivity index (χ4v) is 3.80. The Morgan fingerprint density at radius 2 is 2.11 bits per heavy atom. The van der Waals surface area contributed by atoms with E-state index >= 15 is 0 Å². The monoisotopic (exact) mass is 363 g/mol. The van der Waals surface area contributed by atoms with Crippen molar-refractivity contribution in [3.05, 3.63) is 65.6 Å². The van der Waals surface area contributed by atoms with Gasteiger partial charge in [-0.15, -0.1) is 0 Å². The van der Waals surface area contributed by atoms with Crippen LogP contribution in [0.3, 0.4) is 0 Å². The number of hydrogen-bond acceptors (Lipinski definition) is 3. The minimum absolute atomic E-state index is 0.115. The van der Waals surface area contributed by atoms with Crippen LogP contribution in [0.15, 0.2) is 48.7 Å². The van der Waals surface area contributed by atoms with Gasteiger partial charge in [-0.05, 0) is 43.5 Å².